The smallest absolute Gasteiger partial charge is 0.316 e. The first-order valence-electron chi connectivity index (χ1n) is 7.31. The van der Waals surface area contributed by atoms with Crippen molar-refractivity contribution in [2.45, 2.75) is 19.9 Å². The number of nitrogens with zero attached hydrogens (tertiary/aromatic N) is 1. The Morgan fingerprint density at radius 2 is 2.26 bits per heavy atom. The van der Waals surface area contributed by atoms with E-state index in [1.807, 2.05) is 6.92 Å². The summed E-state index contributed by atoms with van der Waals surface area (Å²) < 4.78 is 10.7. The Morgan fingerprint density at radius 1 is 1.43 bits per heavy atom. The van der Waals surface area contributed by atoms with E-state index in [0.717, 1.165) is 5.56 Å². The van der Waals surface area contributed by atoms with Crippen molar-refractivity contribution >= 4 is 23.5 Å². The van der Waals surface area contributed by atoms with Gasteiger partial charge in [0, 0.05) is 18.0 Å². The van der Waals surface area contributed by atoms with E-state index in [1.54, 1.807) is 41.5 Å². The van der Waals surface area contributed by atoms with Gasteiger partial charge in [0.25, 0.3) is 0 Å². The van der Waals surface area contributed by atoms with Crippen molar-refractivity contribution in [2.75, 3.05) is 6.54 Å². The molecule has 3 rings (SSSR count). The maximum atomic E-state index is 12.3. The maximum Gasteiger partial charge on any atom is 0.316 e. The molecule has 0 aliphatic carbocycles. The second-order valence-electron chi connectivity index (χ2n) is 5.59. The maximum absolute atomic E-state index is 12.3. The first kappa shape index (κ1) is 15.6. The van der Waals surface area contributed by atoms with Crippen molar-refractivity contribution in [3.05, 3.63) is 52.9 Å². The first-order chi connectivity index (χ1) is 11.0. The summed E-state index contributed by atoms with van der Waals surface area (Å²) in [4.78, 5) is 25.9. The summed E-state index contributed by atoms with van der Waals surface area (Å²) in [7, 11) is 0. The molecule has 0 saturated carbocycles. The molecule has 1 atom stereocenters. The van der Waals surface area contributed by atoms with Gasteiger partial charge >= 0.3 is 5.97 Å². The van der Waals surface area contributed by atoms with Gasteiger partial charge in [-0.2, -0.15) is 0 Å². The van der Waals surface area contributed by atoms with Crippen LogP contribution in [0.4, 0.5) is 0 Å². The Balaban J connectivity index is 1.63. The van der Waals surface area contributed by atoms with E-state index in [2.05, 4.69) is 0 Å². The fraction of sp³-hybridized carbons (Fsp3) is 0.294. The monoisotopic (exact) mass is 333 g/mol. The van der Waals surface area contributed by atoms with Crippen molar-refractivity contribution in [3.8, 4) is 5.75 Å². The Morgan fingerprint density at radius 3 is 2.96 bits per heavy atom. The lowest BCUT2D eigenvalue weighted by molar-refractivity contribution is -0.139. The van der Waals surface area contributed by atoms with Crippen LogP contribution in [0.1, 0.15) is 17.7 Å². The molecular weight excluding hydrogens is 318 g/mol. The van der Waals surface area contributed by atoms with E-state index >= 15 is 0 Å². The van der Waals surface area contributed by atoms with Gasteiger partial charge in [-0.25, -0.2) is 0 Å². The van der Waals surface area contributed by atoms with Crippen LogP contribution in [0.2, 0.25) is 5.02 Å². The second-order valence-corrected chi connectivity index (χ2v) is 6.02. The van der Waals surface area contributed by atoms with Crippen molar-refractivity contribution in [1.29, 1.82) is 0 Å². The number of carbonyl (C=O) groups excluding carboxylic acids is 2. The molecule has 2 aromatic rings. The van der Waals surface area contributed by atoms with E-state index in [0.29, 0.717) is 29.6 Å². The fourth-order valence-electron chi connectivity index (χ4n) is 2.59. The van der Waals surface area contributed by atoms with Crippen molar-refractivity contribution in [3.63, 3.8) is 0 Å². The van der Waals surface area contributed by atoms with Gasteiger partial charge in [0.15, 0.2) is 0 Å². The highest BCUT2D eigenvalue weighted by Gasteiger charge is 2.36. The second kappa shape index (κ2) is 6.46. The Bertz CT molecular complexity index is 726. The van der Waals surface area contributed by atoms with Crippen LogP contribution in [0.25, 0.3) is 0 Å². The minimum Gasteiger partial charge on any atom is -0.467 e. The highest BCUT2D eigenvalue weighted by atomic mass is 35.5. The largest absolute Gasteiger partial charge is 0.467 e. The van der Waals surface area contributed by atoms with E-state index in [-0.39, 0.29) is 12.3 Å². The van der Waals surface area contributed by atoms with E-state index in [1.165, 1.54) is 0 Å². The molecule has 0 spiro atoms. The number of rotatable bonds is 4. The number of likely N-dealkylation sites (tertiary alicyclic amines) is 1. The number of ether oxygens (including phenoxy) is 1. The summed E-state index contributed by atoms with van der Waals surface area (Å²) in [6.07, 6.45) is 1.72. The van der Waals surface area contributed by atoms with Gasteiger partial charge in [-0.3, -0.25) is 9.59 Å². The average Bonchev–Trinajstić information content (AvgIpc) is 3.13. The van der Waals surface area contributed by atoms with Gasteiger partial charge < -0.3 is 14.1 Å². The van der Waals surface area contributed by atoms with Crippen LogP contribution in [0.5, 0.6) is 5.75 Å². The van der Waals surface area contributed by atoms with Gasteiger partial charge in [-0.05, 0) is 42.8 Å². The molecule has 1 saturated heterocycles. The average molecular weight is 334 g/mol. The molecule has 1 fully saturated rings. The summed E-state index contributed by atoms with van der Waals surface area (Å²) in [6.45, 7) is 2.53. The highest BCUT2D eigenvalue weighted by molar-refractivity contribution is 6.30. The molecule has 2 heterocycles. The Hall–Kier alpha value is -2.27. The van der Waals surface area contributed by atoms with Crippen LogP contribution in [-0.4, -0.2) is 23.3 Å². The van der Waals surface area contributed by atoms with Gasteiger partial charge in [0.1, 0.15) is 11.5 Å². The molecule has 1 aliphatic rings. The Kier molecular flexibility index (Phi) is 4.39. The molecule has 1 aliphatic heterocycles. The molecular formula is C17H16ClNO4. The summed E-state index contributed by atoms with van der Waals surface area (Å²) in [6, 6.07) is 8.63. The number of hydrogen-bond acceptors (Lipinski definition) is 4. The van der Waals surface area contributed by atoms with E-state index < -0.39 is 11.9 Å². The van der Waals surface area contributed by atoms with Crippen molar-refractivity contribution in [1.82, 2.24) is 4.90 Å². The Labute approximate surface area is 138 Å². The summed E-state index contributed by atoms with van der Waals surface area (Å²) in [5, 5.41) is 0.586. The van der Waals surface area contributed by atoms with E-state index in [9.17, 15) is 9.59 Å². The standard InChI is InChI=1S/C17H16ClNO4/c1-11-7-13(18)4-5-15(11)23-17(21)12-8-16(20)19(9-12)10-14-3-2-6-22-14/h2-7,12H,8-10H2,1H3. The SMILES string of the molecule is Cc1cc(Cl)ccc1OC(=O)C1CC(=O)N(Cc2ccco2)C1. The van der Waals surface area contributed by atoms with Crippen LogP contribution in [-0.2, 0) is 16.1 Å². The van der Waals surface area contributed by atoms with E-state index in [4.69, 9.17) is 20.8 Å². The van der Waals surface area contributed by atoms with Gasteiger partial charge in [0.2, 0.25) is 5.91 Å². The first-order valence-corrected chi connectivity index (χ1v) is 7.68. The summed E-state index contributed by atoms with van der Waals surface area (Å²) in [5.41, 5.74) is 0.780. The molecule has 23 heavy (non-hydrogen) atoms. The third kappa shape index (κ3) is 3.56. The van der Waals surface area contributed by atoms with Crippen LogP contribution < -0.4 is 4.74 Å². The zero-order valence-electron chi connectivity index (χ0n) is 12.6. The third-order valence-corrected chi connectivity index (χ3v) is 4.06. The molecule has 5 nitrogen and oxygen atoms in total. The highest BCUT2D eigenvalue weighted by Crippen LogP contribution is 2.26. The molecule has 0 N–H and O–H groups in total. The van der Waals surface area contributed by atoms with Crippen LogP contribution in [0, 0.1) is 12.8 Å². The predicted molar refractivity (Wildman–Crippen MR) is 84.1 cm³/mol. The number of benzene rings is 1. The lowest BCUT2D eigenvalue weighted by atomic mass is 10.1. The lowest BCUT2D eigenvalue weighted by Gasteiger charge is -2.15. The number of furan rings is 1. The van der Waals surface area contributed by atoms with Crippen molar-refractivity contribution in [2.24, 2.45) is 5.92 Å². The zero-order chi connectivity index (χ0) is 16.4. The quantitative estimate of drug-likeness (QED) is 0.637. The minimum atomic E-state index is -0.465. The van der Waals surface area contributed by atoms with Crippen LogP contribution >= 0.6 is 11.6 Å². The molecule has 6 heteroatoms. The molecule has 1 aromatic carbocycles. The van der Waals surface area contributed by atoms with Crippen molar-refractivity contribution < 1.29 is 18.7 Å². The minimum absolute atomic E-state index is 0.0730. The zero-order valence-corrected chi connectivity index (χ0v) is 13.4. The third-order valence-electron chi connectivity index (χ3n) is 3.82. The molecule has 1 amide bonds. The molecule has 0 bridgehead atoms. The van der Waals surface area contributed by atoms with Gasteiger partial charge in [-0.15, -0.1) is 0 Å². The number of carbonyl (C=O) groups is 2. The normalized spacial score (nSPS) is 17.6. The topological polar surface area (TPSA) is 59.8 Å². The van der Waals surface area contributed by atoms with Crippen LogP contribution in [0.15, 0.2) is 41.0 Å². The van der Waals surface area contributed by atoms with Gasteiger partial charge in [0.05, 0.1) is 18.7 Å². The predicted octanol–water partition coefficient (Wildman–Crippen LogP) is 3.20. The molecule has 1 unspecified atom stereocenters. The molecule has 120 valence electrons. The summed E-state index contributed by atoms with van der Waals surface area (Å²) in [5.74, 6) is 0.228. The molecule has 1 aromatic heterocycles. The number of amides is 1. The molecule has 0 radical (unpaired) electrons. The number of hydrogen-bond donors (Lipinski definition) is 0. The summed E-state index contributed by atoms with van der Waals surface area (Å²) >= 11 is 5.89. The number of aryl methyl sites for hydroxylation is 1. The fourth-order valence-corrected chi connectivity index (χ4v) is 2.82. The van der Waals surface area contributed by atoms with Crippen LogP contribution in [0.3, 0.4) is 0 Å². The van der Waals surface area contributed by atoms with Gasteiger partial charge in [-0.1, -0.05) is 11.6 Å². The number of halogens is 1. The lowest BCUT2D eigenvalue weighted by Crippen LogP contribution is -2.27. The number of esters is 1.